The molecule has 0 bridgehead atoms. The van der Waals surface area contributed by atoms with Gasteiger partial charge in [-0.25, -0.2) is 4.79 Å². The Hall–Kier alpha value is -3.30. The molecular weight excluding hydrogens is 448 g/mol. The van der Waals surface area contributed by atoms with Crippen molar-refractivity contribution in [2.75, 3.05) is 58.6 Å². The van der Waals surface area contributed by atoms with E-state index in [4.69, 9.17) is 14.2 Å². The lowest BCUT2D eigenvalue weighted by molar-refractivity contribution is 0.0150. The summed E-state index contributed by atoms with van der Waals surface area (Å²) in [6.45, 7) is 5.89. The summed E-state index contributed by atoms with van der Waals surface area (Å²) < 4.78 is 17.1. The minimum atomic E-state index is -0.451. The number of benzene rings is 2. The van der Waals surface area contributed by atoms with Gasteiger partial charge in [0.1, 0.15) is 18.1 Å². The zero-order valence-electron chi connectivity index (χ0n) is 21.3. The first-order valence-electron chi connectivity index (χ1n) is 11.7. The molecule has 0 aliphatic carbocycles. The summed E-state index contributed by atoms with van der Waals surface area (Å²) in [5.41, 5.74) is 1.38. The third-order valence-electron chi connectivity index (χ3n) is 6.37. The lowest BCUT2D eigenvalue weighted by Crippen LogP contribution is -2.45. The van der Waals surface area contributed by atoms with Gasteiger partial charge in [-0.1, -0.05) is 19.1 Å². The van der Waals surface area contributed by atoms with E-state index in [1.165, 1.54) is 7.11 Å². The van der Waals surface area contributed by atoms with Crippen molar-refractivity contribution in [3.8, 4) is 11.5 Å². The maximum atomic E-state index is 13.4. The van der Waals surface area contributed by atoms with Crippen molar-refractivity contribution in [1.82, 2.24) is 9.80 Å². The Bertz CT molecular complexity index is 1030. The first kappa shape index (κ1) is 26.3. The van der Waals surface area contributed by atoms with Crippen LogP contribution in [0.25, 0.3) is 0 Å². The largest absolute Gasteiger partial charge is 0.495 e. The molecule has 0 saturated carbocycles. The zero-order chi connectivity index (χ0) is 25.5. The standard InChI is InChI=1S/C26H36N4O5/c1-17-14-29(3)18(2)16-35-22-12-11-19(13-20(22)25(31)30(4)15-24(17)34-6)27-26(32)28-21-9-7-8-10-23(21)33-5/h7-13,17-18,24H,14-16H2,1-6H3,(H2,27,28,32)/t17-,18+,24+/m1/s1. The third kappa shape index (κ3) is 6.64. The van der Waals surface area contributed by atoms with Gasteiger partial charge in [-0.05, 0) is 50.2 Å². The molecular formula is C26H36N4O5. The van der Waals surface area contributed by atoms with Gasteiger partial charge in [0, 0.05) is 39.0 Å². The maximum Gasteiger partial charge on any atom is 0.323 e. The second-order valence-electron chi connectivity index (χ2n) is 9.03. The number of fused-ring (bicyclic) bond motifs is 1. The highest BCUT2D eigenvalue weighted by Gasteiger charge is 2.27. The van der Waals surface area contributed by atoms with Crippen LogP contribution in [-0.2, 0) is 4.74 Å². The molecule has 9 heteroatoms. The van der Waals surface area contributed by atoms with Gasteiger partial charge in [0.25, 0.3) is 5.91 Å². The third-order valence-corrected chi connectivity index (χ3v) is 6.37. The van der Waals surface area contributed by atoms with Crippen LogP contribution >= 0.6 is 0 Å². The fourth-order valence-corrected chi connectivity index (χ4v) is 4.07. The molecule has 3 amide bonds. The molecule has 0 unspecified atom stereocenters. The van der Waals surface area contributed by atoms with E-state index >= 15 is 0 Å². The number of amides is 3. The normalized spacial score (nSPS) is 21.7. The van der Waals surface area contributed by atoms with Crippen LogP contribution in [0.15, 0.2) is 42.5 Å². The highest BCUT2D eigenvalue weighted by molar-refractivity contribution is 6.03. The quantitative estimate of drug-likeness (QED) is 0.686. The van der Waals surface area contributed by atoms with Gasteiger partial charge in [-0.15, -0.1) is 0 Å². The van der Waals surface area contributed by atoms with Gasteiger partial charge < -0.3 is 29.7 Å². The number of ether oxygens (including phenoxy) is 3. The fraction of sp³-hybridized carbons (Fsp3) is 0.462. The highest BCUT2D eigenvalue weighted by atomic mass is 16.5. The molecule has 2 aromatic carbocycles. The molecule has 0 spiro atoms. The molecule has 3 rings (SSSR count). The van der Waals surface area contributed by atoms with Gasteiger partial charge in [0.15, 0.2) is 0 Å². The first-order chi connectivity index (χ1) is 16.7. The minimum absolute atomic E-state index is 0.115. The van der Waals surface area contributed by atoms with Crippen molar-refractivity contribution in [1.29, 1.82) is 0 Å². The maximum absolute atomic E-state index is 13.4. The molecule has 1 aliphatic heterocycles. The molecule has 0 radical (unpaired) electrons. The van der Waals surface area contributed by atoms with Crippen LogP contribution < -0.4 is 20.1 Å². The van der Waals surface area contributed by atoms with Crippen molar-refractivity contribution in [2.24, 2.45) is 5.92 Å². The summed E-state index contributed by atoms with van der Waals surface area (Å²) in [5.74, 6) is 1.03. The number of para-hydroxylation sites is 2. The smallest absolute Gasteiger partial charge is 0.323 e. The number of urea groups is 1. The van der Waals surface area contributed by atoms with Crippen LogP contribution in [0.5, 0.6) is 11.5 Å². The Kier molecular flexibility index (Phi) is 8.95. The van der Waals surface area contributed by atoms with Crippen LogP contribution in [0.1, 0.15) is 24.2 Å². The van der Waals surface area contributed by atoms with Crippen molar-refractivity contribution in [3.63, 3.8) is 0 Å². The second kappa shape index (κ2) is 11.9. The Morgan fingerprint density at radius 1 is 1.06 bits per heavy atom. The number of hydrogen-bond donors (Lipinski definition) is 2. The van der Waals surface area contributed by atoms with Crippen LogP contribution in [0.3, 0.4) is 0 Å². The second-order valence-corrected chi connectivity index (χ2v) is 9.03. The van der Waals surface area contributed by atoms with Crippen molar-refractivity contribution >= 4 is 23.3 Å². The van der Waals surface area contributed by atoms with Crippen molar-refractivity contribution in [3.05, 3.63) is 48.0 Å². The average Bonchev–Trinajstić information content (AvgIpc) is 2.85. The van der Waals surface area contributed by atoms with Gasteiger partial charge in [0.05, 0.1) is 24.5 Å². The zero-order valence-corrected chi connectivity index (χ0v) is 21.3. The lowest BCUT2D eigenvalue weighted by atomic mass is 10.0. The van der Waals surface area contributed by atoms with E-state index < -0.39 is 6.03 Å². The van der Waals surface area contributed by atoms with E-state index in [9.17, 15) is 9.59 Å². The van der Waals surface area contributed by atoms with Crippen molar-refractivity contribution < 1.29 is 23.8 Å². The Balaban J connectivity index is 1.85. The van der Waals surface area contributed by atoms with E-state index in [2.05, 4.69) is 36.4 Å². The number of rotatable bonds is 4. The number of carbonyl (C=O) groups is 2. The molecule has 2 N–H and O–H groups in total. The molecule has 190 valence electrons. The lowest BCUT2D eigenvalue weighted by Gasteiger charge is -2.34. The van der Waals surface area contributed by atoms with E-state index in [0.717, 1.165) is 6.54 Å². The molecule has 3 atom stereocenters. The number of likely N-dealkylation sites (N-methyl/N-ethyl adjacent to an activating group) is 2. The van der Waals surface area contributed by atoms with Crippen molar-refractivity contribution in [2.45, 2.75) is 26.0 Å². The summed E-state index contributed by atoms with van der Waals surface area (Å²) in [7, 11) is 7.02. The number of hydrogen-bond acceptors (Lipinski definition) is 6. The van der Waals surface area contributed by atoms with Crippen LogP contribution in [0.4, 0.5) is 16.2 Å². The number of nitrogens with one attached hydrogen (secondary N) is 2. The number of nitrogens with zero attached hydrogens (tertiary/aromatic N) is 2. The predicted octanol–water partition coefficient (Wildman–Crippen LogP) is 3.78. The summed E-state index contributed by atoms with van der Waals surface area (Å²) in [6.07, 6.45) is -0.115. The van der Waals surface area contributed by atoms with Gasteiger partial charge in [0.2, 0.25) is 0 Å². The molecule has 0 saturated heterocycles. The molecule has 35 heavy (non-hydrogen) atoms. The van der Waals surface area contributed by atoms with E-state index in [0.29, 0.717) is 41.6 Å². The molecule has 0 aromatic heterocycles. The Morgan fingerprint density at radius 3 is 2.51 bits per heavy atom. The van der Waals surface area contributed by atoms with Crippen LogP contribution in [0, 0.1) is 5.92 Å². The molecule has 1 aliphatic rings. The van der Waals surface area contributed by atoms with Gasteiger partial charge >= 0.3 is 6.03 Å². The molecule has 1 heterocycles. The molecule has 2 aromatic rings. The first-order valence-corrected chi connectivity index (χ1v) is 11.7. The number of anilines is 2. The summed E-state index contributed by atoms with van der Waals surface area (Å²) in [6, 6.07) is 11.9. The van der Waals surface area contributed by atoms with E-state index in [1.54, 1.807) is 55.5 Å². The SMILES string of the molecule is COc1ccccc1NC(=O)Nc1ccc2c(c1)C(=O)N(C)C[C@H](OC)[C@H](C)CN(C)[C@@H](C)CO2. The van der Waals surface area contributed by atoms with Gasteiger partial charge in [-0.3, -0.25) is 9.69 Å². The monoisotopic (exact) mass is 484 g/mol. The number of carbonyl (C=O) groups excluding carboxylic acids is 2. The van der Waals surface area contributed by atoms with E-state index in [-0.39, 0.29) is 24.0 Å². The van der Waals surface area contributed by atoms with Gasteiger partial charge in [-0.2, -0.15) is 0 Å². The highest BCUT2D eigenvalue weighted by Crippen LogP contribution is 2.27. The summed E-state index contributed by atoms with van der Waals surface area (Å²) in [5, 5.41) is 5.56. The summed E-state index contributed by atoms with van der Waals surface area (Å²) >= 11 is 0. The summed E-state index contributed by atoms with van der Waals surface area (Å²) in [4.78, 5) is 29.9. The van der Waals surface area contributed by atoms with Crippen LogP contribution in [-0.4, -0.2) is 81.9 Å². The molecule has 0 fully saturated rings. The number of methoxy groups -OCH3 is 2. The molecule has 9 nitrogen and oxygen atoms in total. The average molecular weight is 485 g/mol. The minimum Gasteiger partial charge on any atom is -0.495 e. The van der Waals surface area contributed by atoms with Crippen LogP contribution in [0.2, 0.25) is 0 Å². The Morgan fingerprint density at radius 2 is 1.80 bits per heavy atom. The van der Waals surface area contributed by atoms with E-state index in [1.807, 2.05) is 6.07 Å². The fourth-order valence-electron chi connectivity index (χ4n) is 4.07. The predicted molar refractivity (Wildman–Crippen MR) is 137 cm³/mol. The Labute approximate surface area is 207 Å². The topological polar surface area (TPSA) is 92.4 Å².